The van der Waals surface area contributed by atoms with Crippen LogP contribution in [0.3, 0.4) is 0 Å². The van der Waals surface area contributed by atoms with E-state index < -0.39 is 5.60 Å². The smallest absolute Gasteiger partial charge is 0.408 e. The van der Waals surface area contributed by atoms with Crippen molar-refractivity contribution in [3.8, 4) is 0 Å². The highest BCUT2D eigenvalue weighted by molar-refractivity contribution is 7.98. The first-order chi connectivity index (χ1) is 9.78. The van der Waals surface area contributed by atoms with Crippen LogP contribution in [0.4, 0.5) is 4.79 Å². The van der Waals surface area contributed by atoms with E-state index in [9.17, 15) is 4.79 Å². The molecule has 0 spiro atoms. The minimum atomic E-state index is -0.491. The van der Waals surface area contributed by atoms with Gasteiger partial charge < -0.3 is 14.6 Å². The van der Waals surface area contributed by atoms with Gasteiger partial charge in [-0.1, -0.05) is 6.92 Å². The number of ether oxygens (including phenoxy) is 1. The summed E-state index contributed by atoms with van der Waals surface area (Å²) in [6.07, 6.45) is 6.14. The van der Waals surface area contributed by atoms with Crippen molar-refractivity contribution in [1.82, 2.24) is 14.9 Å². The van der Waals surface area contributed by atoms with E-state index in [1.807, 2.05) is 40.2 Å². The van der Waals surface area contributed by atoms with Crippen LogP contribution in [0.5, 0.6) is 0 Å². The quantitative estimate of drug-likeness (QED) is 0.868. The van der Waals surface area contributed by atoms with E-state index in [1.165, 1.54) is 0 Å². The predicted molar refractivity (Wildman–Crippen MR) is 87.7 cm³/mol. The SMILES string of the molecule is CC[C@@H](NC(=O)OC(C)(C)C)c1cncn1C(C)CSC. The van der Waals surface area contributed by atoms with Crippen molar-refractivity contribution >= 4 is 17.9 Å². The summed E-state index contributed by atoms with van der Waals surface area (Å²) in [5.41, 5.74) is 0.527. The summed E-state index contributed by atoms with van der Waals surface area (Å²) in [6, 6.07) is 0.249. The molecule has 0 saturated heterocycles. The summed E-state index contributed by atoms with van der Waals surface area (Å²) in [6.45, 7) is 9.77. The maximum absolute atomic E-state index is 12.0. The van der Waals surface area contributed by atoms with Crippen molar-refractivity contribution in [2.24, 2.45) is 0 Å². The molecule has 0 aliphatic rings. The second-order valence-corrected chi connectivity index (χ2v) is 7.05. The molecule has 1 aromatic rings. The van der Waals surface area contributed by atoms with Gasteiger partial charge in [0.25, 0.3) is 0 Å². The molecule has 21 heavy (non-hydrogen) atoms. The second kappa shape index (κ2) is 7.73. The maximum atomic E-state index is 12.0. The Morgan fingerprint density at radius 1 is 1.52 bits per heavy atom. The molecule has 1 amide bonds. The van der Waals surface area contributed by atoms with Gasteiger partial charge in [-0.25, -0.2) is 9.78 Å². The van der Waals surface area contributed by atoms with Crippen LogP contribution in [0.25, 0.3) is 0 Å². The third kappa shape index (κ3) is 5.61. The Bertz CT molecular complexity index is 454. The fourth-order valence-corrected chi connectivity index (χ4v) is 2.75. The Balaban J connectivity index is 2.81. The highest BCUT2D eigenvalue weighted by atomic mass is 32.2. The van der Waals surface area contributed by atoms with E-state index >= 15 is 0 Å². The summed E-state index contributed by atoms with van der Waals surface area (Å²) in [5.74, 6) is 1.01. The normalized spacial score (nSPS) is 14.6. The first-order valence-corrected chi connectivity index (χ1v) is 8.68. The van der Waals surface area contributed by atoms with E-state index in [4.69, 9.17) is 4.74 Å². The van der Waals surface area contributed by atoms with Crippen LogP contribution >= 0.6 is 11.8 Å². The van der Waals surface area contributed by atoms with E-state index in [1.54, 1.807) is 11.8 Å². The number of carbonyl (C=O) groups is 1. The zero-order valence-electron chi connectivity index (χ0n) is 13.8. The zero-order chi connectivity index (χ0) is 16.0. The zero-order valence-corrected chi connectivity index (χ0v) is 14.7. The van der Waals surface area contributed by atoms with Gasteiger partial charge in [-0.3, -0.25) is 0 Å². The van der Waals surface area contributed by atoms with Gasteiger partial charge in [0.15, 0.2) is 0 Å². The number of hydrogen-bond acceptors (Lipinski definition) is 4. The number of nitrogens with one attached hydrogen (secondary N) is 1. The molecule has 0 fully saturated rings. The van der Waals surface area contributed by atoms with Gasteiger partial charge in [-0.2, -0.15) is 11.8 Å². The van der Waals surface area contributed by atoms with Crippen LogP contribution in [0.2, 0.25) is 0 Å². The fraction of sp³-hybridized carbons (Fsp3) is 0.733. The number of hydrogen-bond donors (Lipinski definition) is 1. The number of alkyl carbamates (subject to hydrolysis) is 1. The third-order valence-electron chi connectivity index (χ3n) is 3.03. The Labute approximate surface area is 131 Å². The van der Waals surface area contributed by atoms with Crippen LogP contribution < -0.4 is 5.32 Å². The topological polar surface area (TPSA) is 56.1 Å². The lowest BCUT2D eigenvalue weighted by Gasteiger charge is -2.25. The molecule has 1 N–H and O–H groups in total. The minimum absolute atomic E-state index is 0.0911. The third-order valence-corrected chi connectivity index (χ3v) is 3.85. The second-order valence-electron chi connectivity index (χ2n) is 6.14. The van der Waals surface area contributed by atoms with Gasteiger partial charge in [0.05, 0.1) is 24.3 Å². The number of aromatic nitrogens is 2. The van der Waals surface area contributed by atoms with Crippen molar-refractivity contribution in [2.75, 3.05) is 12.0 Å². The Kier molecular flexibility index (Phi) is 6.58. The number of carbonyl (C=O) groups excluding carboxylic acids is 1. The van der Waals surface area contributed by atoms with Gasteiger partial charge in [-0.15, -0.1) is 0 Å². The largest absolute Gasteiger partial charge is 0.444 e. The average molecular weight is 313 g/mol. The van der Waals surface area contributed by atoms with Crippen LogP contribution in [0.15, 0.2) is 12.5 Å². The van der Waals surface area contributed by atoms with Crippen LogP contribution in [-0.2, 0) is 4.74 Å². The minimum Gasteiger partial charge on any atom is -0.444 e. The van der Waals surface area contributed by atoms with Gasteiger partial charge >= 0.3 is 6.09 Å². The molecule has 0 aromatic carbocycles. The van der Waals surface area contributed by atoms with Crippen molar-refractivity contribution < 1.29 is 9.53 Å². The standard InChI is InChI=1S/C15H27N3O2S/c1-7-12(17-14(19)20-15(3,4)5)13-8-16-10-18(13)11(2)9-21-6/h8,10-12H,7,9H2,1-6H3,(H,17,19)/t11?,12-/m1/s1. The summed E-state index contributed by atoms with van der Waals surface area (Å²) in [7, 11) is 0. The van der Waals surface area contributed by atoms with Crippen LogP contribution in [0, 0.1) is 0 Å². The maximum Gasteiger partial charge on any atom is 0.408 e. The number of amides is 1. The molecule has 0 bridgehead atoms. The summed E-state index contributed by atoms with van der Waals surface area (Å²) in [5, 5.41) is 2.93. The Morgan fingerprint density at radius 2 is 2.19 bits per heavy atom. The Hall–Kier alpha value is -1.17. The molecule has 0 aliphatic carbocycles. The highest BCUT2D eigenvalue weighted by Gasteiger charge is 2.22. The molecule has 1 unspecified atom stereocenters. The molecule has 2 atom stereocenters. The van der Waals surface area contributed by atoms with Crippen molar-refractivity contribution in [3.63, 3.8) is 0 Å². The van der Waals surface area contributed by atoms with E-state index in [-0.39, 0.29) is 12.1 Å². The first kappa shape index (κ1) is 17.9. The van der Waals surface area contributed by atoms with Gasteiger partial charge in [0.1, 0.15) is 5.60 Å². The molecule has 120 valence electrons. The van der Waals surface area contributed by atoms with Gasteiger partial charge in [0.2, 0.25) is 0 Å². The first-order valence-electron chi connectivity index (χ1n) is 7.28. The summed E-state index contributed by atoms with van der Waals surface area (Å²) in [4.78, 5) is 16.2. The fourth-order valence-electron chi connectivity index (χ4n) is 2.11. The number of rotatable bonds is 6. The number of nitrogens with zero attached hydrogens (tertiary/aromatic N) is 2. The van der Waals surface area contributed by atoms with Crippen LogP contribution in [-0.4, -0.2) is 33.3 Å². The molecule has 6 heteroatoms. The molecule has 1 aromatic heterocycles. The monoisotopic (exact) mass is 313 g/mol. The molecule has 5 nitrogen and oxygen atoms in total. The lowest BCUT2D eigenvalue weighted by molar-refractivity contribution is 0.0500. The van der Waals surface area contributed by atoms with Gasteiger partial charge in [-0.05, 0) is 40.4 Å². The molecule has 1 heterocycles. The van der Waals surface area contributed by atoms with Crippen molar-refractivity contribution in [1.29, 1.82) is 0 Å². The van der Waals surface area contributed by atoms with Crippen LogP contribution in [0.1, 0.15) is 58.8 Å². The summed E-state index contributed by atoms with van der Waals surface area (Å²) < 4.78 is 7.46. The van der Waals surface area contributed by atoms with Crippen molar-refractivity contribution in [3.05, 3.63) is 18.2 Å². The molecular weight excluding hydrogens is 286 g/mol. The predicted octanol–water partition coefficient (Wildman–Crippen LogP) is 3.78. The number of imidazole rings is 1. The molecule has 0 aliphatic heterocycles. The van der Waals surface area contributed by atoms with E-state index in [0.29, 0.717) is 6.04 Å². The lowest BCUT2D eigenvalue weighted by Crippen LogP contribution is -2.35. The van der Waals surface area contributed by atoms with Crippen molar-refractivity contribution in [2.45, 2.75) is 58.7 Å². The lowest BCUT2D eigenvalue weighted by atomic mass is 10.1. The molecule has 0 saturated carbocycles. The highest BCUT2D eigenvalue weighted by Crippen LogP contribution is 2.22. The number of thioether (sulfide) groups is 1. The van der Waals surface area contributed by atoms with E-state index in [0.717, 1.165) is 17.9 Å². The van der Waals surface area contributed by atoms with E-state index in [2.05, 4.69) is 28.0 Å². The average Bonchev–Trinajstić information content (AvgIpc) is 2.83. The Morgan fingerprint density at radius 3 is 2.71 bits per heavy atom. The summed E-state index contributed by atoms with van der Waals surface area (Å²) >= 11 is 1.80. The molecule has 1 rings (SSSR count). The van der Waals surface area contributed by atoms with Gasteiger partial charge in [0, 0.05) is 11.8 Å². The molecular formula is C15H27N3O2S. The molecule has 0 radical (unpaired) electrons.